The normalized spacial score (nSPS) is 6.92. The first-order valence-corrected chi connectivity index (χ1v) is 4.56. The molecule has 68 valence electrons. The van der Waals surface area contributed by atoms with Crippen LogP contribution in [-0.4, -0.2) is 11.9 Å². The van der Waals surface area contributed by atoms with Gasteiger partial charge in [-0.1, -0.05) is 13.2 Å². The molecule has 0 aliphatic heterocycles. The molecule has 0 unspecified atom stereocenters. The van der Waals surface area contributed by atoms with Gasteiger partial charge in [0.05, 0.1) is 11.9 Å². The Morgan fingerprint density at radius 3 is 1.00 bits per heavy atom. The Labute approximate surface area is 116 Å². The van der Waals surface area contributed by atoms with E-state index < -0.39 is 11.9 Å². The summed E-state index contributed by atoms with van der Waals surface area (Å²) in [4.78, 5) is 19.0. The summed E-state index contributed by atoms with van der Waals surface area (Å²) in [5.74, 6) is -2.40. The molecule has 0 aromatic carbocycles. The molecule has 7 heteroatoms. The second-order valence-corrected chi connectivity index (χ2v) is 3.99. The number of carbonyl (C=O) groups is 2. The Morgan fingerprint density at radius 2 is 1.00 bits per heavy atom. The summed E-state index contributed by atoms with van der Waals surface area (Å²) in [5.41, 5.74) is 0. The zero-order valence-electron chi connectivity index (χ0n) is 6.51. The molecule has 0 amide bonds. The summed E-state index contributed by atoms with van der Waals surface area (Å²) in [7, 11) is 0. The molecule has 0 N–H and O–H groups in total. The van der Waals surface area contributed by atoms with Gasteiger partial charge in [0.2, 0.25) is 0 Å². The van der Waals surface area contributed by atoms with Gasteiger partial charge in [-0.05, 0) is 45.2 Å². The molecule has 0 saturated heterocycles. The van der Waals surface area contributed by atoms with Crippen LogP contribution in [0.5, 0.6) is 0 Å². The molecule has 4 nitrogen and oxygen atoms in total. The maximum Gasteiger partial charge on any atom is 2.00 e. The molecule has 0 spiro atoms. The number of carboxylic acids is 2. The van der Waals surface area contributed by atoms with Gasteiger partial charge in [0.25, 0.3) is 0 Å². The summed E-state index contributed by atoms with van der Waals surface area (Å²) in [6.07, 6.45) is 0. The molecule has 0 saturated carbocycles. The molecule has 13 heavy (non-hydrogen) atoms. The summed E-state index contributed by atoms with van der Waals surface area (Å²) in [5, 5.41) is 19.0. The molecule has 0 aliphatic rings. The van der Waals surface area contributed by atoms with Gasteiger partial charge in [-0.2, -0.15) is 0 Å². The van der Waals surface area contributed by atoms with Crippen LogP contribution in [0.25, 0.3) is 0 Å². The average molecular weight is 459 g/mol. The van der Waals surface area contributed by atoms with Crippen LogP contribution < -0.4 is 10.2 Å². The average Bonchev–Trinajstić information content (AvgIpc) is 1.88. The number of rotatable bonds is 2. The van der Waals surface area contributed by atoms with Crippen LogP contribution in [0.15, 0.2) is 20.3 Å². The quantitative estimate of drug-likeness (QED) is 0.313. The zero-order chi connectivity index (χ0) is 10.3. The summed E-state index contributed by atoms with van der Waals surface area (Å²) >= 11 is 3.15. The molecule has 0 heterocycles. The van der Waals surface area contributed by atoms with Crippen LogP contribution in [0.2, 0.25) is 0 Å². The SMILES string of the molecule is C=C(I)C(=O)[O-].C=C(I)C(=O)[O-].[Zn+2]. The van der Waals surface area contributed by atoms with Crippen molar-refractivity contribution in [3.8, 4) is 0 Å². The number of hydrogen-bond acceptors (Lipinski definition) is 4. The number of halogens is 2. The van der Waals surface area contributed by atoms with E-state index in [4.69, 9.17) is 0 Å². The first-order chi connectivity index (χ1) is 5.29. The van der Waals surface area contributed by atoms with Gasteiger partial charge >= 0.3 is 19.5 Å². The van der Waals surface area contributed by atoms with Gasteiger partial charge < -0.3 is 19.8 Å². The molecule has 0 radical (unpaired) electrons. The van der Waals surface area contributed by atoms with E-state index in [1.807, 2.05) is 0 Å². The third kappa shape index (κ3) is 19.1. The molecule has 0 atom stereocenters. The van der Waals surface area contributed by atoms with Crippen molar-refractivity contribution >= 4 is 57.1 Å². The molecule has 0 aromatic heterocycles. The molecule has 0 aliphatic carbocycles. The van der Waals surface area contributed by atoms with E-state index in [-0.39, 0.29) is 26.6 Å². The van der Waals surface area contributed by atoms with Crippen molar-refractivity contribution in [1.82, 2.24) is 0 Å². The van der Waals surface area contributed by atoms with Gasteiger partial charge in [-0.15, -0.1) is 0 Å². The second kappa shape index (κ2) is 10.6. The molecular formula is C6H4I2O4Zn. The van der Waals surface area contributed by atoms with E-state index in [0.717, 1.165) is 0 Å². The van der Waals surface area contributed by atoms with Gasteiger partial charge in [0.1, 0.15) is 0 Å². The summed E-state index contributed by atoms with van der Waals surface area (Å²) < 4.78 is 0.0696. The van der Waals surface area contributed by atoms with Crippen LogP contribution in [0.3, 0.4) is 0 Å². The van der Waals surface area contributed by atoms with Crippen molar-refractivity contribution in [2.24, 2.45) is 0 Å². The van der Waals surface area contributed by atoms with E-state index in [0.29, 0.717) is 0 Å². The van der Waals surface area contributed by atoms with Crippen molar-refractivity contribution in [3.05, 3.63) is 20.3 Å². The standard InChI is InChI=1S/2C3H3IO2.Zn/c2*1-2(4)3(5)6;/h2*1H2,(H,5,6);/q;;+2/p-2. The molecule has 0 rings (SSSR count). The molecular weight excluding hydrogens is 455 g/mol. The van der Waals surface area contributed by atoms with Crippen LogP contribution in [0, 0.1) is 0 Å². The Balaban J connectivity index is -0.000000143. The van der Waals surface area contributed by atoms with Crippen molar-refractivity contribution in [3.63, 3.8) is 0 Å². The van der Waals surface area contributed by atoms with E-state index in [1.165, 1.54) is 0 Å². The van der Waals surface area contributed by atoms with E-state index in [9.17, 15) is 19.8 Å². The van der Waals surface area contributed by atoms with Crippen LogP contribution in [0.4, 0.5) is 0 Å². The first-order valence-electron chi connectivity index (χ1n) is 2.40. The summed E-state index contributed by atoms with van der Waals surface area (Å²) in [6.45, 7) is 6.16. The van der Waals surface area contributed by atoms with Crippen molar-refractivity contribution in [1.29, 1.82) is 0 Å². The molecule has 0 aromatic rings. The number of hydrogen-bond donors (Lipinski definition) is 0. The molecule has 0 bridgehead atoms. The van der Waals surface area contributed by atoms with Gasteiger partial charge in [0.15, 0.2) is 0 Å². The zero-order valence-corrected chi connectivity index (χ0v) is 13.8. The minimum Gasteiger partial charge on any atom is -0.544 e. The fraction of sp³-hybridized carbons (Fsp3) is 0. The fourth-order valence-corrected chi connectivity index (χ4v) is 0. The van der Waals surface area contributed by atoms with Crippen molar-refractivity contribution in [2.75, 3.05) is 0 Å². The smallest absolute Gasteiger partial charge is 0.544 e. The van der Waals surface area contributed by atoms with E-state index in [1.54, 1.807) is 45.2 Å². The third-order valence-corrected chi connectivity index (χ3v) is 1.32. The predicted molar refractivity (Wildman–Crippen MR) is 56.3 cm³/mol. The minimum absolute atomic E-state index is 0. The predicted octanol–water partition coefficient (Wildman–Crippen LogP) is -0.633. The number of aliphatic carboxylic acids is 2. The monoisotopic (exact) mass is 458 g/mol. The van der Waals surface area contributed by atoms with Crippen LogP contribution >= 0.6 is 45.2 Å². The van der Waals surface area contributed by atoms with Gasteiger partial charge in [-0.25, -0.2) is 0 Å². The fourth-order valence-electron chi connectivity index (χ4n) is 0. The van der Waals surface area contributed by atoms with Gasteiger partial charge in [-0.3, -0.25) is 0 Å². The second-order valence-electron chi connectivity index (χ2n) is 1.38. The van der Waals surface area contributed by atoms with Gasteiger partial charge in [0, 0.05) is 7.16 Å². The Kier molecular flexibility index (Phi) is 15.6. The van der Waals surface area contributed by atoms with Crippen LogP contribution in [-0.2, 0) is 29.1 Å². The topological polar surface area (TPSA) is 80.3 Å². The number of carboxylic acid groups (broad SMARTS) is 2. The van der Waals surface area contributed by atoms with Crippen molar-refractivity contribution < 1.29 is 39.3 Å². The Bertz CT molecular complexity index is 179. The van der Waals surface area contributed by atoms with Crippen molar-refractivity contribution in [2.45, 2.75) is 0 Å². The van der Waals surface area contributed by atoms with E-state index in [2.05, 4.69) is 13.2 Å². The summed E-state index contributed by atoms with van der Waals surface area (Å²) in [6, 6.07) is 0. The maximum absolute atomic E-state index is 9.48. The first kappa shape index (κ1) is 19.1. The minimum atomic E-state index is -1.20. The Hall–Kier alpha value is 0.503. The number of carbonyl (C=O) groups excluding carboxylic acids is 2. The molecule has 0 fully saturated rings. The third-order valence-electron chi connectivity index (χ3n) is 0.443. The van der Waals surface area contributed by atoms with Crippen LogP contribution in [0.1, 0.15) is 0 Å². The Morgan fingerprint density at radius 1 is 0.923 bits per heavy atom. The largest absolute Gasteiger partial charge is 2.00 e. The maximum atomic E-state index is 9.48. The van der Waals surface area contributed by atoms with E-state index >= 15 is 0 Å².